The van der Waals surface area contributed by atoms with Crippen molar-refractivity contribution in [2.24, 2.45) is 0 Å². The van der Waals surface area contributed by atoms with Crippen LogP contribution in [0.15, 0.2) is 12.3 Å². The van der Waals surface area contributed by atoms with Gasteiger partial charge in [0.15, 0.2) is 0 Å². The molecule has 0 unspecified atom stereocenters. The Hall–Kier alpha value is -1.05. The monoisotopic (exact) mass is 137 g/mol. The van der Waals surface area contributed by atoms with Gasteiger partial charge in [0.2, 0.25) is 0 Å². The highest BCUT2D eigenvalue weighted by molar-refractivity contribution is 5.33. The summed E-state index contributed by atoms with van der Waals surface area (Å²) in [4.78, 5) is 4.11. The predicted molar refractivity (Wildman–Crippen MR) is 40.3 cm³/mol. The molecule has 0 aliphatic heterocycles. The van der Waals surface area contributed by atoms with Gasteiger partial charge in [-0.15, -0.1) is 0 Å². The minimum absolute atomic E-state index is 0.910. The van der Waals surface area contributed by atoms with Gasteiger partial charge in [-0.2, -0.15) is 0 Å². The minimum Gasteiger partial charge on any atom is -0.496 e. The van der Waals surface area contributed by atoms with Crippen molar-refractivity contribution in [2.45, 2.75) is 13.8 Å². The molecule has 54 valence electrons. The van der Waals surface area contributed by atoms with Gasteiger partial charge in [-0.1, -0.05) is 0 Å². The van der Waals surface area contributed by atoms with Crippen LogP contribution in [0.2, 0.25) is 0 Å². The van der Waals surface area contributed by atoms with Crippen molar-refractivity contribution >= 4 is 0 Å². The first-order valence-electron chi connectivity index (χ1n) is 3.22. The Morgan fingerprint density at radius 2 is 2.10 bits per heavy atom. The Kier molecular flexibility index (Phi) is 1.90. The highest BCUT2D eigenvalue weighted by Gasteiger charge is 1.98. The van der Waals surface area contributed by atoms with Crippen LogP contribution in [0.4, 0.5) is 0 Å². The Labute approximate surface area is 60.9 Å². The van der Waals surface area contributed by atoms with Gasteiger partial charge < -0.3 is 4.74 Å². The van der Waals surface area contributed by atoms with Crippen LogP contribution in [0.1, 0.15) is 11.3 Å². The van der Waals surface area contributed by atoms with Gasteiger partial charge in [0.1, 0.15) is 5.75 Å². The second kappa shape index (κ2) is 2.69. The van der Waals surface area contributed by atoms with E-state index in [-0.39, 0.29) is 0 Å². The molecule has 0 aliphatic rings. The molecule has 0 radical (unpaired) electrons. The highest BCUT2D eigenvalue weighted by atomic mass is 16.5. The third-order valence-electron chi connectivity index (χ3n) is 1.63. The van der Waals surface area contributed by atoms with Crippen molar-refractivity contribution in [3.05, 3.63) is 23.5 Å². The molecule has 1 aromatic heterocycles. The maximum atomic E-state index is 5.09. The smallest absolute Gasteiger partial charge is 0.125 e. The number of rotatable bonds is 1. The number of ether oxygens (including phenoxy) is 1. The molecule has 0 bridgehead atoms. The average molecular weight is 137 g/mol. The van der Waals surface area contributed by atoms with E-state index >= 15 is 0 Å². The molecule has 0 saturated carbocycles. The van der Waals surface area contributed by atoms with E-state index in [9.17, 15) is 0 Å². The van der Waals surface area contributed by atoms with E-state index < -0.39 is 0 Å². The van der Waals surface area contributed by atoms with Crippen molar-refractivity contribution in [3.8, 4) is 5.75 Å². The van der Waals surface area contributed by atoms with E-state index in [4.69, 9.17) is 4.74 Å². The van der Waals surface area contributed by atoms with Crippen LogP contribution >= 0.6 is 0 Å². The molecule has 2 nitrogen and oxygen atoms in total. The highest BCUT2D eigenvalue weighted by Crippen LogP contribution is 2.17. The van der Waals surface area contributed by atoms with Crippen molar-refractivity contribution < 1.29 is 4.74 Å². The summed E-state index contributed by atoms with van der Waals surface area (Å²) in [6, 6.07) is 1.86. The average Bonchev–Trinajstić information content (AvgIpc) is 1.95. The zero-order chi connectivity index (χ0) is 7.56. The van der Waals surface area contributed by atoms with Crippen LogP contribution in [0, 0.1) is 13.8 Å². The van der Waals surface area contributed by atoms with Crippen LogP contribution < -0.4 is 4.74 Å². The SMILES string of the molecule is COc1ccnc(C)c1C. The van der Waals surface area contributed by atoms with Crippen LogP contribution in [0.5, 0.6) is 5.75 Å². The van der Waals surface area contributed by atoms with Gasteiger partial charge in [0.05, 0.1) is 7.11 Å². The zero-order valence-corrected chi connectivity index (χ0v) is 6.51. The normalized spacial score (nSPS) is 9.50. The summed E-state index contributed by atoms with van der Waals surface area (Å²) < 4.78 is 5.09. The van der Waals surface area contributed by atoms with Gasteiger partial charge >= 0.3 is 0 Å². The van der Waals surface area contributed by atoms with Crippen LogP contribution in [0.3, 0.4) is 0 Å². The Balaban J connectivity index is 3.14. The third kappa shape index (κ3) is 1.10. The second-order valence-electron chi connectivity index (χ2n) is 2.22. The van der Waals surface area contributed by atoms with E-state index in [0.717, 1.165) is 17.0 Å². The number of methoxy groups -OCH3 is 1. The van der Waals surface area contributed by atoms with Crippen LogP contribution in [-0.2, 0) is 0 Å². The molecule has 10 heavy (non-hydrogen) atoms. The summed E-state index contributed by atoms with van der Waals surface area (Å²) in [5.74, 6) is 0.910. The Bertz CT molecular complexity index is 233. The number of hydrogen-bond acceptors (Lipinski definition) is 2. The summed E-state index contributed by atoms with van der Waals surface area (Å²) in [5.41, 5.74) is 2.14. The molecule has 0 aromatic carbocycles. The van der Waals surface area contributed by atoms with Gasteiger partial charge in [0, 0.05) is 17.5 Å². The molecule has 0 fully saturated rings. The number of pyridine rings is 1. The quantitative estimate of drug-likeness (QED) is 0.587. The first-order chi connectivity index (χ1) is 4.75. The van der Waals surface area contributed by atoms with Crippen molar-refractivity contribution in [1.82, 2.24) is 4.98 Å². The summed E-state index contributed by atoms with van der Waals surface area (Å²) in [6.45, 7) is 3.97. The molecule has 0 N–H and O–H groups in total. The van der Waals surface area contributed by atoms with Crippen molar-refractivity contribution in [1.29, 1.82) is 0 Å². The van der Waals surface area contributed by atoms with E-state index in [0.29, 0.717) is 0 Å². The van der Waals surface area contributed by atoms with E-state index in [1.54, 1.807) is 13.3 Å². The largest absolute Gasteiger partial charge is 0.496 e. The van der Waals surface area contributed by atoms with Crippen LogP contribution in [0.25, 0.3) is 0 Å². The summed E-state index contributed by atoms with van der Waals surface area (Å²) in [7, 11) is 1.67. The molecule has 0 amide bonds. The molecule has 1 heterocycles. The lowest BCUT2D eigenvalue weighted by atomic mass is 10.2. The maximum Gasteiger partial charge on any atom is 0.125 e. The van der Waals surface area contributed by atoms with Gasteiger partial charge in [0.25, 0.3) is 0 Å². The fourth-order valence-corrected chi connectivity index (χ4v) is 0.838. The maximum absolute atomic E-state index is 5.09. The Morgan fingerprint density at radius 1 is 1.40 bits per heavy atom. The summed E-state index contributed by atoms with van der Waals surface area (Å²) >= 11 is 0. The third-order valence-corrected chi connectivity index (χ3v) is 1.63. The molecule has 2 heteroatoms. The molecular formula is C8H11NO. The first-order valence-corrected chi connectivity index (χ1v) is 3.22. The summed E-state index contributed by atoms with van der Waals surface area (Å²) in [5, 5.41) is 0. The van der Waals surface area contributed by atoms with Gasteiger partial charge in [-0.3, -0.25) is 4.98 Å². The topological polar surface area (TPSA) is 22.1 Å². The number of aromatic nitrogens is 1. The fraction of sp³-hybridized carbons (Fsp3) is 0.375. The predicted octanol–water partition coefficient (Wildman–Crippen LogP) is 1.71. The summed E-state index contributed by atoms with van der Waals surface area (Å²) in [6.07, 6.45) is 1.75. The van der Waals surface area contributed by atoms with Crippen molar-refractivity contribution in [3.63, 3.8) is 0 Å². The molecule has 0 saturated heterocycles. The Morgan fingerprint density at radius 3 is 2.60 bits per heavy atom. The van der Waals surface area contributed by atoms with E-state index in [2.05, 4.69) is 4.98 Å². The lowest BCUT2D eigenvalue weighted by Crippen LogP contribution is -1.91. The molecular weight excluding hydrogens is 126 g/mol. The second-order valence-corrected chi connectivity index (χ2v) is 2.22. The van der Waals surface area contributed by atoms with Gasteiger partial charge in [-0.05, 0) is 19.9 Å². The molecule has 0 spiro atoms. The van der Waals surface area contributed by atoms with Crippen molar-refractivity contribution in [2.75, 3.05) is 7.11 Å². The van der Waals surface area contributed by atoms with Crippen LogP contribution in [-0.4, -0.2) is 12.1 Å². The van der Waals surface area contributed by atoms with Gasteiger partial charge in [-0.25, -0.2) is 0 Å². The lowest BCUT2D eigenvalue weighted by molar-refractivity contribution is 0.410. The van der Waals surface area contributed by atoms with E-state index in [1.165, 1.54) is 0 Å². The standard InChI is InChI=1S/C8H11NO/c1-6-7(2)9-5-4-8(6)10-3/h4-5H,1-3H3. The fourth-order valence-electron chi connectivity index (χ4n) is 0.838. The number of hydrogen-bond donors (Lipinski definition) is 0. The lowest BCUT2D eigenvalue weighted by Gasteiger charge is -2.04. The molecule has 0 atom stereocenters. The number of nitrogens with zero attached hydrogens (tertiary/aromatic N) is 1. The zero-order valence-electron chi connectivity index (χ0n) is 6.51. The molecule has 0 aliphatic carbocycles. The number of aryl methyl sites for hydroxylation is 1. The molecule has 1 rings (SSSR count). The minimum atomic E-state index is 0.910. The van der Waals surface area contributed by atoms with E-state index in [1.807, 2.05) is 19.9 Å². The first kappa shape index (κ1) is 7.06. The molecule has 1 aromatic rings.